The number of hydrogen-bond acceptors (Lipinski definition) is 4. The summed E-state index contributed by atoms with van der Waals surface area (Å²) in [5, 5.41) is 8.89. The quantitative estimate of drug-likeness (QED) is 0.294. The van der Waals surface area contributed by atoms with E-state index in [4.69, 9.17) is 19.3 Å². The maximum absolute atomic E-state index is 10.8. The van der Waals surface area contributed by atoms with E-state index in [1.54, 1.807) is 0 Å². The highest BCUT2D eigenvalue weighted by atomic mass is 16.5. The van der Waals surface area contributed by atoms with Gasteiger partial charge in [-0.2, -0.15) is 0 Å². The second-order valence-corrected chi connectivity index (χ2v) is 7.52. The van der Waals surface area contributed by atoms with Crippen molar-refractivity contribution >= 4 is 5.97 Å². The minimum Gasteiger partial charge on any atom is -0.481 e. The second-order valence-electron chi connectivity index (χ2n) is 7.52. The monoisotopic (exact) mass is 440 g/mol. The average molecular weight is 440 g/mol. The van der Waals surface area contributed by atoms with E-state index in [-0.39, 0.29) is 6.42 Å². The number of carboxylic acids is 1. The Balaban J connectivity index is 1.47. The van der Waals surface area contributed by atoms with Gasteiger partial charge in [0, 0.05) is 12.5 Å². The van der Waals surface area contributed by atoms with Crippen molar-refractivity contribution in [1.82, 2.24) is 0 Å². The first-order chi connectivity index (χ1) is 16.1. The zero-order chi connectivity index (χ0) is 23.0. The topological polar surface area (TPSA) is 65.0 Å². The van der Waals surface area contributed by atoms with Gasteiger partial charge in [-0.1, -0.05) is 42.5 Å². The molecule has 0 spiro atoms. The van der Waals surface area contributed by atoms with E-state index < -0.39 is 5.97 Å². The van der Waals surface area contributed by atoms with Gasteiger partial charge in [-0.25, -0.2) is 0 Å². The molecule has 33 heavy (non-hydrogen) atoms. The summed E-state index contributed by atoms with van der Waals surface area (Å²) in [5.74, 6) is 3.06. The van der Waals surface area contributed by atoms with E-state index in [1.807, 2.05) is 104 Å². The van der Waals surface area contributed by atoms with Crippen LogP contribution in [-0.2, 0) is 11.2 Å². The van der Waals surface area contributed by atoms with Crippen LogP contribution >= 0.6 is 0 Å². The fourth-order valence-electron chi connectivity index (χ4n) is 3.35. The number of aliphatic carboxylic acids is 1. The maximum Gasteiger partial charge on any atom is 0.303 e. The first-order valence-electron chi connectivity index (χ1n) is 10.7. The van der Waals surface area contributed by atoms with Crippen LogP contribution in [0.4, 0.5) is 0 Å². The van der Waals surface area contributed by atoms with Gasteiger partial charge < -0.3 is 19.3 Å². The molecule has 0 aliphatic carbocycles. The van der Waals surface area contributed by atoms with Crippen LogP contribution in [0.5, 0.6) is 34.5 Å². The Morgan fingerprint density at radius 2 is 1.24 bits per heavy atom. The lowest BCUT2D eigenvalue weighted by atomic mass is 10.0. The number of hydrogen-bond donors (Lipinski definition) is 1. The summed E-state index contributed by atoms with van der Waals surface area (Å²) in [6.07, 6.45) is 0.602. The summed E-state index contributed by atoms with van der Waals surface area (Å²) in [7, 11) is 0. The van der Waals surface area contributed by atoms with Gasteiger partial charge in [0.2, 0.25) is 0 Å². The molecule has 0 aliphatic rings. The minimum absolute atomic E-state index is 0.107. The van der Waals surface area contributed by atoms with Crippen molar-refractivity contribution < 1.29 is 24.1 Å². The molecule has 0 heterocycles. The number of carbonyl (C=O) groups is 1. The molecule has 5 heteroatoms. The van der Waals surface area contributed by atoms with Crippen LogP contribution in [0.3, 0.4) is 0 Å². The Morgan fingerprint density at radius 3 is 1.91 bits per heavy atom. The molecule has 4 aromatic carbocycles. The number of rotatable bonds is 9. The fraction of sp³-hybridized carbons (Fsp3) is 0.107. The third-order valence-electron chi connectivity index (χ3n) is 5.01. The molecule has 4 aromatic rings. The molecule has 0 amide bonds. The number of ether oxygens (including phenoxy) is 3. The van der Waals surface area contributed by atoms with E-state index in [1.165, 1.54) is 0 Å². The van der Waals surface area contributed by atoms with Gasteiger partial charge in [-0.05, 0) is 73.0 Å². The number of aryl methyl sites for hydroxylation is 2. The SMILES string of the molecule is Cc1cc(Oc2cccc(Oc3ccccc3Oc3ccccc3)c2)ccc1CCC(=O)O. The summed E-state index contributed by atoms with van der Waals surface area (Å²) in [5.41, 5.74) is 1.99. The molecule has 0 aliphatic heterocycles. The zero-order valence-electron chi connectivity index (χ0n) is 18.2. The van der Waals surface area contributed by atoms with Crippen molar-refractivity contribution in [1.29, 1.82) is 0 Å². The molecule has 0 aromatic heterocycles. The fourth-order valence-corrected chi connectivity index (χ4v) is 3.35. The summed E-state index contributed by atoms with van der Waals surface area (Å²) in [6.45, 7) is 1.95. The van der Waals surface area contributed by atoms with Gasteiger partial charge in [0.05, 0.1) is 0 Å². The molecular weight excluding hydrogens is 416 g/mol. The molecule has 5 nitrogen and oxygen atoms in total. The molecule has 0 radical (unpaired) electrons. The molecule has 1 N–H and O–H groups in total. The van der Waals surface area contributed by atoms with Crippen molar-refractivity contribution in [2.24, 2.45) is 0 Å². The maximum atomic E-state index is 10.8. The molecule has 0 bridgehead atoms. The highest BCUT2D eigenvalue weighted by molar-refractivity contribution is 5.67. The van der Waals surface area contributed by atoms with Crippen LogP contribution in [0.1, 0.15) is 17.5 Å². The number of para-hydroxylation sites is 3. The van der Waals surface area contributed by atoms with Crippen molar-refractivity contribution in [2.75, 3.05) is 0 Å². The summed E-state index contributed by atoms with van der Waals surface area (Å²) in [6, 6.07) is 30.1. The minimum atomic E-state index is -0.803. The van der Waals surface area contributed by atoms with Gasteiger partial charge in [0.1, 0.15) is 23.0 Å². The van der Waals surface area contributed by atoms with Crippen LogP contribution in [0.2, 0.25) is 0 Å². The van der Waals surface area contributed by atoms with Crippen molar-refractivity contribution in [3.63, 3.8) is 0 Å². The predicted molar refractivity (Wildman–Crippen MR) is 127 cm³/mol. The first kappa shape index (κ1) is 22.0. The second kappa shape index (κ2) is 10.4. The smallest absolute Gasteiger partial charge is 0.303 e. The third-order valence-corrected chi connectivity index (χ3v) is 5.01. The largest absolute Gasteiger partial charge is 0.481 e. The van der Waals surface area contributed by atoms with Gasteiger partial charge >= 0.3 is 5.97 Å². The summed E-state index contributed by atoms with van der Waals surface area (Å²) >= 11 is 0. The van der Waals surface area contributed by atoms with E-state index >= 15 is 0 Å². The molecule has 0 atom stereocenters. The molecule has 4 rings (SSSR count). The van der Waals surface area contributed by atoms with Crippen LogP contribution in [0, 0.1) is 6.92 Å². The van der Waals surface area contributed by atoms with Gasteiger partial charge in [0.25, 0.3) is 0 Å². The standard InChI is InChI=1S/C28H24O5/c1-20-18-25(16-14-21(20)15-17-28(29)30)31-23-10-7-11-24(19-23)33-27-13-6-5-12-26(27)32-22-8-3-2-4-9-22/h2-14,16,18-19H,15,17H2,1H3,(H,29,30). The molecule has 166 valence electrons. The van der Waals surface area contributed by atoms with Gasteiger partial charge in [0.15, 0.2) is 11.5 Å². The Hall–Kier alpha value is -4.25. The van der Waals surface area contributed by atoms with Gasteiger partial charge in [-0.15, -0.1) is 0 Å². The van der Waals surface area contributed by atoms with Crippen molar-refractivity contribution in [3.05, 3.63) is 108 Å². The Kier molecular flexibility index (Phi) is 6.90. The van der Waals surface area contributed by atoms with E-state index in [2.05, 4.69) is 0 Å². The predicted octanol–water partition coefficient (Wildman–Crippen LogP) is 7.39. The van der Waals surface area contributed by atoms with Crippen molar-refractivity contribution in [2.45, 2.75) is 19.8 Å². The Labute approximate surface area is 192 Å². The highest BCUT2D eigenvalue weighted by Crippen LogP contribution is 2.36. The highest BCUT2D eigenvalue weighted by Gasteiger charge is 2.09. The lowest BCUT2D eigenvalue weighted by Gasteiger charge is -2.13. The molecule has 0 saturated heterocycles. The normalized spacial score (nSPS) is 10.5. The first-order valence-corrected chi connectivity index (χ1v) is 10.7. The van der Waals surface area contributed by atoms with Crippen molar-refractivity contribution in [3.8, 4) is 34.5 Å². The van der Waals surface area contributed by atoms with Crippen LogP contribution in [0.25, 0.3) is 0 Å². The zero-order valence-corrected chi connectivity index (χ0v) is 18.2. The van der Waals surface area contributed by atoms with Crippen LogP contribution in [0.15, 0.2) is 97.1 Å². The van der Waals surface area contributed by atoms with Crippen LogP contribution < -0.4 is 14.2 Å². The summed E-state index contributed by atoms with van der Waals surface area (Å²) in [4.78, 5) is 10.8. The lowest BCUT2D eigenvalue weighted by Crippen LogP contribution is -1.99. The molecule has 0 unspecified atom stereocenters. The Morgan fingerprint density at radius 1 is 0.667 bits per heavy atom. The number of benzene rings is 4. The summed E-state index contributed by atoms with van der Waals surface area (Å²) < 4.78 is 18.1. The molecular formula is C28H24O5. The van der Waals surface area contributed by atoms with E-state index in [9.17, 15) is 4.79 Å². The third kappa shape index (κ3) is 6.14. The lowest BCUT2D eigenvalue weighted by molar-refractivity contribution is -0.136. The molecule has 0 saturated carbocycles. The Bertz CT molecular complexity index is 1230. The average Bonchev–Trinajstić information content (AvgIpc) is 2.81. The van der Waals surface area contributed by atoms with Gasteiger partial charge in [-0.3, -0.25) is 4.79 Å². The van der Waals surface area contributed by atoms with E-state index in [0.717, 1.165) is 16.9 Å². The van der Waals surface area contributed by atoms with E-state index in [0.29, 0.717) is 35.2 Å². The molecule has 0 fully saturated rings. The van der Waals surface area contributed by atoms with Crippen LogP contribution in [-0.4, -0.2) is 11.1 Å². The number of carboxylic acid groups (broad SMARTS) is 1.